The number of benzene rings is 2. The monoisotopic (exact) mass is 401 g/mol. The lowest BCUT2D eigenvalue weighted by molar-refractivity contribution is 0.103. The summed E-state index contributed by atoms with van der Waals surface area (Å²) < 4.78 is 14.8. The molecule has 2 aliphatic rings. The van der Waals surface area contributed by atoms with E-state index in [1.54, 1.807) is 17.8 Å². The molecule has 2 aromatic carbocycles. The first kappa shape index (κ1) is 18.4. The molecule has 0 spiro atoms. The molecule has 3 N–H and O–H groups in total. The van der Waals surface area contributed by atoms with E-state index in [9.17, 15) is 9.18 Å². The maximum Gasteiger partial charge on any atom is 0.257 e. The van der Waals surface area contributed by atoms with Crippen LogP contribution in [0, 0.1) is 5.82 Å². The van der Waals surface area contributed by atoms with Crippen LogP contribution in [0.15, 0.2) is 41.4 Å². The van der Waals surface area contributed by atoms with Crippen LogP contribution in [0.5, 0.6) is 0 Å². The second kappa shape index (κ2) is 7.22. The average molecular weight is 402 g/mol. The standard InChI is InChI=1S/C20H18FN3OS.H2S/c21-13-5-6-15-19-17(20(25)24-15)12(14-4-2-8-23-14)9-16(18(13)19)26-10-11-3-1-7-22-11;/h2,4-6,8-9,11,22-23H,1,3,7,10H2,(H,24,25);1H2/t11-;/m0./s1. The summed E-state index contributed by atoms with van der Waals surface area (Å²) in [5.74, 6) is 0.444. The van der Waals surface area contributed by atoms with Gasteiger partial charge in [-0.2, -0.15) is 13.5 Å². The topological polar surface area (TPSA) is 56.9 Å². The van der Waals surface area contributed by atoms with E-state index in [-0.39, 0.29) is 25.2 Å². The van der Waals surface area contributed by atoms with E-state index in [0.717, 1.165) is 34.9 Å². The van der Waals surface area contributed by atoms with Crippen LogP contribution in [0.2, 0.25) is 0 Å². The third-order valence-electron chi connectivity index (χ3n) is 5.16. The van der Waals surface area contributed by atoms with E-state index < -0.39 is 0 Å². The van der Waals surface area contributed by atoms with Crippen molar-refractivity contribution in [3.63, 3.8) is 0 Å². The summed E-state index contributed by atoms with van der Waals surface area (Å²) in [6, 6.07) is 9.35. The van der Waals surface area contributed by atoms with Crippen molar-refractivity contribution in [2.75, 3.05) is 17.6 Å². The molecule has 140 valence electrons. The molecule has 0 saturated carbocycles. The Balaban J connectivity index is 0.00000180. The third-order valence-corrected chi connectivity index (χ3v) is 6.36. The van der Waals surface area contributed by atoms with E-state index in [4.69, 9.17) is 0 Å². The number of carbonyl (C=O) groups excluding carboxylic acids is 1. The number of hydrogen-bond donors (Lipinski definition) is 3. The van der Waals surface area contributed by atoms with Crippen molar-refractivity contribution in [1.82, 2.24) is 10.3 Å². The number of amides is 1. The lowest BCUT2D eigenvalue weighted by atomic mass is 9.97. The van der Waals surface area contributed by atoms with Crippen LogP contribution in [0.25, 0.3) is 22.0 Å². The van der Waals surface area contributed by atoms with Gasteiger partial charge in [-0.1, -0.05) is 0 Å². The summed E-state index contributed by atoms with van der Waals surface area (Å²) in [5.41, 5.74) is 2.94. The van der Waals surface area contributed by atoms with Crippen molar-refractivity contribution in [2.45, 2.75) is 23.8 Å². The number of hydrogen-bond acceptors (Lipinski definition) is 3. The van der Waals surface area contributed by atoms with Crippen LogP contribution in [0.1, 0.15) is 23.2 Å². The van der Waals surface area contributed by atoms with E-state index in [1.807, 2.05) is 24.4 Å². The number of thioether (sulfide) groups is 1. The van der Waals surface area contributed by atoms with Gasteiger partial charge in [-0.25, -0.2) is 4.39 Å². The summed E-state index contributed by atoms with van der Waals surface area (Å²) in [6.45, 7) is 1.05. The molecule has 0 radical (unpaired) electrons. The molecule has 3 aromatic rings. The summed E-state index contributed by atoms with van der Waals surface area (Å²) >= 11 is 1.66. The minimum Gasteiger partial charge on any atom is -0.361 e. The van der Waals surface area contributed by atoms with Gasteiger partial charge in [0.2, 0.25) is 0 Å². The normalized spacial score (nSPS) is 18.0. The van der Waals surface area contributed by atoms with Gasteiger partial charge in [0.15, 0.2) is 0 Å². The van der Waals surface area contributed by atoms with Gasteiger partial charge in [-0.15, -0.1) is 11.8 Å². The molecule has 1 saturated heterocycles. The Morgan fingerprint density at radius 3 is 2.85 bits per heavy atom. The second-order valence-electron chi connectivity index (χ2n) is 6.78. The van der Waals surface area contributed by atoms with Gasteiger partial charge >= 0.3 is 0 Å². The van der Waals surface area contributed by atoms with Crippen LogP contribution >= 0.6 is 25.3 Å². The number of aromatic amines is 1. The predicted molar refractivity (Wildman–Crippen MR) is 114 cm³/mol. The lowest BCUT2D eigenvalue weighted by Gasteiger charge is -2.14. The molecule has 0 unspecified atom stereocenters. The Bertz CT molecular complexity index is 1010. The fraction of sp³-hybridized carbons (Fsp3) is 0.250. The number of H-pyrrole nitrogens is 1. The first-order valence-corrected chi connectivity index (χ1v) is 9.81. The van der Waals surface area contributed by atoms with Crippen molar-refractivity contribution in [3.8, 4) is 11.3 Å². The molecule has 4 nitrogen and oxygen atoms in total. The van der Waals surface area contributed by atoms with Crippen molar-refractivity contribution >= 4 is 47.6 Å². The number of anilines is 1. The second-order valence-corrected chi connectivity index (χ2v) is 7.85. The largest absolute Gasteiger partial charge is 0.361 e. The van der Waals surface area contributed by atoms with Crippen molar-refractivity contribution < 1.29 is 9.18 Å². The number of nitrogens with one attached hydrogen (secondary N) is 3. The molecular weight excluding hydrogens is 381 g/mol. The summed E-state index contributed by atoms with van der Waals surface area (Å²) in [6.07, 6.45) is 4.18. The van der Waals surface area contributed by atoms with Crippen molar-refractivity contribution in [1.29, 1.82) is 0 Å². The summed E-state index contributed by atoms with van der Waals surface area (Å²) in [4.78, 5) is 16.7. The van der Waals surface area contributed by atoms with E-state index in [2.05, 4.69) is 15.6 Å². The highest BCUT2D eigenvalue weighted by Gasteiger charge is 2.29. The van der Waals surface area contributed by atoms with Crippen LogP contribution in [0.3, 0.4) is 0 Å². The minimum absolute atomic E-state index is 0. The van der Waals surface area contributed by atoms with Gasteiger partial charge in [0, 0.05) is 50.6 Å². The molecule has 0 bridgehead atoms. The quantitative estimate of drug-likeness (QED) is 0.565. The zero-order valence-electron chi connectivity index (χ0n) is 14.6. The van der Waals surface area contributed by atoms with E-state index >= 15 is 0 Å². The molecule has 3 heterocycles. The van der Waals surface area contributed by atoms with Gasteiger partial charge in [0.1, 0.15) is 5.82 Å². The summed E-state index contributed by atoms with van der Waals surface area (Å²) in [5, 5.41) is 7.62. The minimum atomic E-state index is -0.276. The molecule has 7 heteroatoms. The SMILES string of the molecule is O=C1Nc2ccc(F)c3c(SC[C@@H]4CCCN4)cc(-c4ccc[nH]4)c1c23.S. The Labute approximate surface area is 167 Å². The number of rotatable bonds is 4. The van der Waals surface area contributed by atoms with Gasteiger partial charge < -0.3 is 15.6 Å². The Morgan fingerprint density at radius 2 is 2.11 bits per heavy atom. The molecule has 1 atom stereocenters. The molecule has 1 aromatic heterocycles. The van der Waals surface area contributed by atoms with Crippen LogP contribution in [-0.2, 0) is 0 Å². The molecule has 0 aliphatic carbocycles. The van der Waals surface area contributed by atoms with Crippen molar-refractivity contribution in [2.24, 2.45) is 0 Å². The molecule has 2 aliphatic heterocycles. The van der Waals surface area contributed by atoms with E-state index in [1.165, 1.54) is 12.5 Å². The first-order valence-electron chi connectivity index (χ1n) is 8.83. The number of carbonyl (C=O) groups is 1. The smallest absolute Gasteiger partial charge is 0.257 e. The van der Waals surface area contributed by atoms with Gasteiger partial charge in [0.25, 0.3) is 5.91 Å². The maximum atomic E-state index is 14.8. The van der Waals surface area contributed by atoms with Crippen LogP contribution in [0.4, 0.5) is 10.1 Å². The van der Waals surface area contributed by atoms with Crippen molar-refractivity contribution in [3.05, 3.63) is 47.9 Å². The van der Waals surface area contributed by atoms with E-state index in [0.29, 0.717) is 28.1 Å². The van der Waals surface area contributed by atoms with Gasteiger partial charge in [0.05, 0.1) is 5.56 Å². The van der Waals surface area contributed by atoms with Gasteiger partial charge in [-0.05, 0) is 49.7 Å². The first-order chi connectivity index (χ1) is 12.7. The highest BCUT2D eigenvalue weighted by molar-refractivity contribution is 7.99. The Morgan fingerprint density at radius 1 is 1.22 bits per heavy atom. The van der Waals surface area contributed by atoms with Crippen LogP contribution in [-0.4, -0.2) is 29.2 Å². The fourth-order valence-electron chi connectivity index (χ4n) is 3.93. The number of aromatic nitrogens is 1. The average Bonchev–Trinajstić information content (AvgIpc) is 3.38. The maximum absolute atomic E-state index is 14.8. The number of halogens is 1. The molecule has 1 amide bonds. The molecule has 1 fully saturated rings. The van der Waals surface area contributed by atoms with Crippen LogP contribution < -0.4 is 10.6 Å². The zero-order chi connectivity index (χ0) is 17.7. The molecule has 5 rings (SSSR count). The Kier molecular flexibility index (Phi) is 4.92. The lowest BCUT2D eigenvalue weighted by Crippen LogP contribution is -2.23. The Hall–Kier alpha value is -1.96. The fourth-order valence-corrected chi connectivity index (χ4v) is 5.14. The van der Waals surface area contributed by atoms with Gasteiger partial charge in [-0.3, -0.25) is 4.79 Å². The highest BCUT2D eigenvalue weighted by atomic mass is 32.2. The third kappa shape index (κ3) is 3.03. The summed E-state index contributed by atoms with van der Waals surface area (Å²) in [7, 11) is 0. The molecular formula is C20H20FN3OS2. The zero-order valence-corrected chi connectivity index (χ0v) is 16.4. The highest BCUT2D eigenvalue weighted by Crippen LogP contribution is 2.44. The molecule has 27 heavy (non-hydrogen) atoms. The predicted octanol–water partition coefficient (Wildman–Crippen LogP) is 4.50.